The maximum Gasteiger partial charge on any atom is 0.238 e. The fourth-order valence-electron chi connectivity index (χ4n) is 2.88. The summed E-state index contributed by atoms with van der Waals surface area (Å²) in [6.45, 7) is 6.03. The van der Waals surface area contributed by atoms with Crippen LogP contribution in [-0.2, 0) is 11.2 Å². The SMILES string of the molecule is CCc1cccc(-c2cnc(C(=O)C(C)C)c(NC(=O)CNC3CC3)c2)c1. The average molecular weight is 365 g/mol. The first kappa shape index (κ1) is 19.2. The first-order valence-corrected chi connectivity index (χ1v) is 9.64. The predicted octanol–water partition coefficient (Wildman–Crippen LogP) is 3.84. The van der Waals surface area contributed by atoms with Crippen molar-refractivity contribution in [3.05, 3.63) is 47.8 Å². The normalized spacial score (nSPS) is 13.6. The van der Waals surface area contributed by atoms with E-state index >= 15 is 0 Å². The van der Waals surface area contributed by atoms with Crippen LogP contribution >= 0.6 is 0 Å². The number of aromatic nitrogens is 1. The molecule has 5 heteroatoms. The summed E-state index contributed by atoms with van der Waals surface area (Å²) in [7, 11) is 0. The zero-order valence-electron chi connectivity index (χ0n) is 16.2. The molecule has 1 amide bonds. The largest absolute Gasteiger partial charge is 0.323 e. The average Bonchev–Trinajstić information content (AvgIpc) is 3.50. The molecule has 1 heterocycles. The van der Waals surface area contributed by atoms with E-state index in [-0.39, 0.29) is 24.2 Å². The number of rotatable bonds is 8. The summed E-state index contributed by atoms with van der Waals surface area (Å²) < 4.78 is 0. The second kappa shape index (κ2) is 8.44. The maximum atomic E-state index is 12.5. The van der Waals surface area contributed by atoms with Gasteiger partial charge in [-0.05, 0) is 36.5 Å². The van der Waals surface area contributed by atoms with E-state index in [0.717, 1.165) is 30.4 Å². The van der Waals surface area contributed by atoms with Gasteiger partial charge in [0.25, 0.3) is 0 Å². The Morgan fingerprint density at radius 1 is 1.19 bits per heavy atom. The number of carbonyl (C=O) groups excluding carboxylic acids is 2. The van der Waals surface area contributed by atoms with Crippen LogP contribution in [0.15, 0.2) is 36.5 Å². The summed E-state index contributed by atoms with van der Waals surface area (Å²) in [5, 5.41) is 6.08. The van der Waals surface area contributed by atoms with E-state index < -0.39 is 0 Å². The Bertz CT molecular complexity index is 841. The number of nitrogens with zero attached hydrogens (tertiary/aromatic N) is 1. The zero-order valence-corrected chi connectivity index (χ0v) is 16.2. The number of anilines is 1. The predicted molar refractivity (Wildman–Crippen MR) is 108 cm³/mol. The number of pyridine rings is 1. The first-order valence-electron chi connectivity index (χ1n) is 9.64. The van der Waals surface area contributed by atoms with Gasteiger partial charge in [-0.15, -0.1) is 0 Å². The minimum absolute atomic E-state index is 0.0747. The highest BCUT2D eigenvalue weighted by molar-refractivity contribution is 6.05. The van der Waals surface area contributed by atoms with Gasteiger partial charge in [0.05, 0.1) is 12.2 Å². The summed E-state index contributed by atoms with van der Waals surface area (Å²) >= 11 is 0. The fourth-order valence-corrected chi connectivity index (χ4v) is 2.88. The van der Waals surface area contributed by atoms with Gasteiger partial charge in [0.1, 0.15) is 5.69 Å². The van der Waals surface area contributed by atoms with Gasteiger partial charge >= 0.3 is 0 Å². The molecule has 1 aliphatic rings. The van der Waals surface area contributed by atoms with Crippen molar-refractivity contribution in [1.29, 1.82) is 0 Å². The number of hydrogen-bond acceptors (Lipinski definition) is 4. The molecule has 0 atom stereocenters. The quantitative estimate of drug-likeness (QED) is 0.697. The number of amides is 1. The highest BCUT2D eigenvalue weighted by Gasteiger charge is 2.22. The third-order valence-corrected chi connectivity index (χ3v) is 4.72. The lowest BCUT2D eigenvalue weighted by Gasteiger charge is -2.14. The molecule has 1 aliphatic carbocycles. The molecular formula is C22H27N3O2. The lowest BCUT2D eigenvalue weighted by atomic mass is 10.00. The molecule has 142 valence electrons. The summed E-state index contributed by atoms with van der Waals surface area (Å²) in [5.74, 6) is -0.415. The Morgan fingerprint density at radius 3 is 2.63 bits per heavy atom. The van der Waals surface area contributed by atoms with Crippen molar-refractivity contribution in [2.45, 2.75) is 46.1 Å². The Balaban J connectivity index is 1.89. The maximum absolute atomic E-state index is 12.5. The molecule has 2 aromatic rings. The van der Waals surface area contributed by atoms with E-state index in [9.17, 15) is 9.59 Å². The van der Waals surface area contributed by atoms with Crippen molar-refractivity contribution in [3.63, 3.8) is 0 Å². The third-order valence-electron chi connectivity index (χ3n) is 4.72. The molecule has 1 aromatic heterocycles. The van der Waals surface area contributed by atoms with Crippen LogP contribution < -0.4 is 10.6 Å². The number of hydrogen-bond donors (Lipinski definition) is 2. The van der Waals surface area contributed by atoms with Crippen LogP contribution in [0.2, 0.25) is 0 Å². The molecule has 5 nitrogen and oxygen atoms in total. The van der Waals surface area contributed by atoms with Crippen molar-refractivity contribution < 1.29 is 9.59 Å². The Labute approximate surface area is 160 Å². The lowest BCUT2D eigenvalue weighted by molar-refractivity contribution is -0.115. The van der Waals surface area contributed by atoms with Crippen molar-refractivity contribution >= 4 is 17.4 Å². The van der Waals surface area contributed by atoms with Gasteiger partial charge in [-0.25, -0.2) is 0 Å². The number of carbonyl (C=O) groups is 2. The lowest BCUT2D eigenvalue weighted by Crippen LogP contribution is -2.30. The minimum atomic E-state index is -0.188. The highest BCUT2D eigenvalue weighted by atomic mass is 16.2. The summed E-state index contributed by atoms with van der Waals surface area (Å²) in [6, 6.07) is 10.5. The monoisotopic (exact) mass is 365 g/mol. The fraction of sp³-hybridized carbons (Fsp3) is 0.409. The van der Waals surface area contributed by atoms with Crippen molar-refractivity contribution in [2.75, 3.05) is 11.9 Å². The van der Waals surface area contributed by atoms with Gasteiger partial charge in [-0.3, -0.25) is 14.6 Å². The van der Waals surface area contributed by atoms with Gasteiger partial charge in [-0.2, -0.15) is 0 Å². The summed E-state index contributed by atoms with van der Waals surface area (Å²) in [6.07, 6.45) is 4.90. The van der Waals surface area contributed by atoms with Crippen LogP contribution in [0.1, 0.15) is 49.7 Å². The van der Waals surface area contributed by atoms with Crippen LogP contribution in [-0.4, -0.2) is 29.3 Å². The number of aryl methyl sites for hydroxylation is 1. The smallest absolute Gasteiger partial charge is 0.238 e. The van der Waals surface area contributed by atoms with Gasteiger partial charge in [0.2, 0.25) is 5.91 Å². The Kier molecular flexibility index (Phi) is 6.01. The van der Waals surface area contributed by atoms with E-state index in [1.165, 1.54) is 5.56 Å². The molecule has 1 fully saturated rings. The molecule has 1 aromatic carbocycles. The van der Waals surface area contributed by atoms with Crippen molar-refractivity contribution in [3.8, 4) is 11.1 Å². The standard InChI is InChI=1S/C22H27N3O2/c1-4-15-6-5-7-16(10-15)17-11-19(21(24-12-17)22(27)14(2)3)25-20(26)13-23-18-8-9-18/h5-7,10-12,14,18,23H,4,8-9,13H2,1-3H3,(H,25,26). The van der Waals surface area contributed by atoms with E-state index in [0.29, 0.717) is 17.4 Å². The third kappa shape index (κ3) is 5.01. The van der Waals surface area contributed by atoms with E-state index in [2.05, 4.69) is 34.7 Å². The molecule has 0 unspecified atom stereocenters. The Morgan fingerprint density at radius 2 is 1.96 bits per heavy atom. The second-order valence-electron chi connectivity index (χ2n) is 7.40. The van der Waals surface area contributed by atoms with Crippen LogP contribution in [0.5, 0.6) is 0 Å². The molecule has 3 rings (SSSR count). The van der Waals surface area contributed by atoms with Gasteiger partial charge in [-0.1, -0.05) is 45.0 Å². The van der Waals surface area contributed by atoms with E-state index in [4.69, 9.17) is 0 Å². The molecular weight excluding hydrogens is 338 g/mol. The molecule has 0 bridgehead atoms. The molecule has 27 heavy (non-hydrogen) atoms. The zero-order chi connectivity index (χ0) is 19.4. The van der Waals surface area contributed by atoms with Gasteiger partial charge < -0.3 is 10.6 Å². The topological polar surface area (TPSA) is 71.1 Å². The number of benzene rings is 1. The number of Topliss-reactive ketones (excluding diaryl/α,β-unsaturated/α-hetero) is 1. The van der Waals surface area contributed by atoms with Crippen LogP contribution in [0.25, 0.3) is 11.1 Å². The minimum Gasteiger partial charge on any atom is -0.323 e. The van der Waals surface area contributed by atoms with Gasteiger partial charge in [0, 0.05) is 23.7 Å². The van der Waals surface area contributed by atoms with E-state index in [1.54, 1.807) is 6.20 Å². The van der Waals surface area contributed by atoms with Crippen LogP contribution in [0, 0.1) is 5.92 Å². The molecule has 0 radical (unpaired) electrons. The van der Waals surface area contributed by atoms with Crippen LogP contribution in [0.3, 0.4) is 0 Å². The molecule has 0 spiro atoms. The summed E-state index contributed by atoms with van der Waals surface area (Å²) in [5.41, 5.74) is 3.94. The van der Waals surface area contributed by atoms with Crippen molar-refractivity contribution in [2.24, 2.45) is 5.92 Å². The van der Waals surface area contributed by atoms with Crippen molar-refractivity contribution in [1.82, 2.24) is 10.3 Å². The molecule has 1 saturated carbocycles. The molecule has 2 N–H and O–H groups in total. The van der Waals surface area contributed by atoms with E-state index in [1.807, 2.05) is 32.0 Å². The number of nitrogens with one attached hydrogen (secondary N) is 2. The van der Waals surface area contributed by atoms with Crippen LogP contribution in [0.4, 0.5) is 5.69 Å². The van der Waals surface area contributed by atoms with Gasteiger partial charge in [0.15, 0.2) is 5.78 Å². The highest BCUT2D eigenvalue weighted by Crippen LogP contribution is 2.26. The molecule has 0 saturated heterocycles. The molecule has 0 aliphatic heterocycles. The number of ketones is 1. The summed E-state index contributed by atoms with van der Waals surface area (Å²) in [4.78, 5) is 29.3. The Hall–Kier alpha value is -2.53. The first-order chi connectivity index (χ1) is 13.0. The second-order valence-corrected chi connectivity index (χ2v) is 7.40.